The molecule has 0 aliphatic rings. The second kappa shape index (κ2) is 8.53. The van der Waals surface area contributed by atoms with Gasteiger partial charge in [0, 0.05) is 5.69 Å². The van der Waals surface area contributed by atoms with Crippen LogP contribution in [0.4, 0.5) is 46.5 Å². The van der Waals surface area contributed by atoms with Gasteiger partial charge in [-0.05, 0) is 30.3 Å². The Bertz CT molecular complexity index is 833. The van der Waals surface area contributed by atoms with Gasteiger partial charge in [0.05, 0.1) is 23.4 Å². The Labute approximate surface area is 158 Å². The van der Waals surface area contributed by atoms with Crippen molar-refractivity contribution in [2.75, 3.05) is 17.2 Å². The first-order valence-electron chi connectivity index (χ1n) is 7.73. The zero-order chi connectivity index (χ0) is 21.8. The third kappa shape index (κ3) is 6.50. The molecule has 12 heteroatoms. The summed E-state index contributed by atoms with van der Waals surface area (Å²) in [5.41, 5.74) is -3.85. The van der Waals surface area contributed by atoms with Crippen molar-refractivity contribution in [1.29, 1.82) is 0 Å². The highest BCUT2D eigenvalue weighted by molar-refractivity contribution is 5.95. The number of carbonyl (C=O) groups excluding carboxylic acids is 1. The first-order valence-corrected chi connectivity index (χ1v) is 7.73. The Morgan fingerprint density at radius 1 is 0.931 bits per heavy atom. The Morgan fingerprint density at radius 2 is 1.48 bits per heavy atom. The van der Waals surface area contributed by atoms with Crippen molar-refractivity contribution >= 4 is 17.3 Å². The van der Waals surface area contributed by atoms with Crippen molar-refractivity contribution in [2.24, 2.45) is 0 Å². The standard InChI is InChI=1S/C17H12F8N2O2/c18-15(19)29-13-4-2-1-3-12(13)27-14(28)8-26-11-6-9(16(20,21)22)5-10(7-11)17(23,24)25/h1-7,15,26H,8H2,(H,27,28). The molecule has 158 valence electrons. The molecule has 0 spiro atoms. The molecule has 1 amide bonds. The molecule has 0 heterocycles. The minimum Gasteiger partial charge on any atom is -0.433 e. The topological polar surface area (TPSA) is 50.4 Å². The summed E-state index contributed by atoms with van der Waals surface area (Å²) in [6, 6.07) is 5.88. The zero-order valence-electron chi connectivity index (χ0n) is 14.2. The van der Waals surface area contributed by atoms with Crippen molar-refractivity contribution in [3.05, 3.63) is 53.6 Å². The first-order chi connectivity index (χ1) is 13.4. The van der Waals surface area contributed by atoms with Crippen molar-refractivity contribution in [3.63, 3.8) is 0 Å². The number of hydrogen-bond donors (Lipinski definition) is 2. The fraction of sp³-hybridized carbons (Fsp3) is 0.235. The van der Waals surface area contributed by atoms with Gasteiger partial charge in [0.1, 0.15) is 5.75 Å². The van der Waals surface area contributed by atoms with E-state index in [1.54, 1.807) is 0 Å². The fourth-order valence-corrected chi connectivity index (χ4v) is 2.20. The van der Waals surface area contributed by atoms with E-state index in [-0.39, 0.29) is 17.5 Å². The SMILES string of the molecule is O=C(CNc1cc(C(F)(F)F)cc(C(F)(F)F)c1)Nc1ccccc1OC(F)F. The number of alkyl halides is 8. The van der Waals surface area contributed by atoms with Crippen LogP contribution in [0.3, 0.4) is 0 Å². The quantitative estimate of drug-likeness (QED) is 0.608. The highest BCUT2D eigenvalue weighted by atomic mass is 19.4. The van der Waals surface area contributed by atoms with Gasteiger partial charge in [0.2, 0.25) is 5.91 Å². The smallest absolute Gasteiger partial charge is 0.416 e. The van der Waals surface area contributed by atoms with Crippen molar-refractivity contribution < 1.29 is 44.7 Å². The largest absolute Gasteiger partial charge is 0.433 e. The van der Waals surface area contributed by atoms with Crippen LogP contribution in [-0.2, 0) is 17.1 Å². The molecule has 0 saturated heterocycles. The third-order valence-corrected chi connectivity index (χ3v) is 3.42. The summed E-state index contributed by atoms with van der Waals surface area (Å²) < 4.78 is 106. The number of rotatable bonds is 6. The van der Waals surface area contributed by atoms with E-state index in [2.05, 4.69) is 15.4 Å². The van der Waals surface area contributed by atoms with Crippen LogP contribution >= 0.6 is 0 Å². The first kappa shape index (κ1) is 22.2. The predicted molar refractivity (Wildman–Crippen MR) is 86.6 cm³/mol. The van der Waals surface area contributed by atoms with Crippen LogP contribution in [0.2, 0.25) is 0 Å². The molecule has 2 aromatic rings. The molecule has 0 aromatic heterocycles. The number of amides is 1. The maximum absolute atomic E-state index is 12.8. The molecule has 2 rings (SSSR count). The highest BCUT2D eigenvalue weighted by Crippen LogP contribution is 2.37. The molecule has 4 nitrogen and oxygen atoms in total. The molecule has 0 aliphatic carbocycles. The summed E-state index contributed by atoms with van der Waals surface area (Å²) in [7, 11) is 0. The van der Waals surface area contributed by atoms with Gasteiger partial charge < -0.3 is 15.4 Å². The highest BCUT2D eigenvalue weighted by Gasteiger charge is 2.36. The number of hydrogen-bond acceptors (Lipinski definition) is 3. The molecule has 29 heavy (non-hydrogen) atoms. The summed E-state index contributed by atoms with van der Waals surface area (Å²) in [4.78, 5) is 11.9. The van der Waals surface area contributed by atoms with Gasteiger partial charge in [-0.2, -0.15) is 35.1 Å². The third-order valence-electron chi connectivity index (χ3n) is 3.42. The summed E-state index contributed by atoms with van der Waals surface area (Å²) >= 11 is 0. The van der Waals surface area contributed by atoms with Gasteiger partial charge in [-0.1, -0.05) is 12.1 Å². The van der Waals surface area contributed by atoms with E-state index in [0.717, 1.165) is 6.07 Å². The van der Waals surface area contributed by atoms with Crippen LogP contribution < -0.4 is 15.4 Å². The normalized spacial score (nSPS) is 12.0. The summed E-state index contributed by atoms with van der Waals surface area (Å²) in [5.74, 6) is -1.28. The molecule has 0 saturated carbocycles. The lowest BCUT2D eigenvalue weighted by Gasteiger charge is -2.15. The van der Waals surface area contributed by atoms with Gasteiger partial charge in [-0.3, -0.25) is 4.79 Å². The zero-order valence-corrected chi connectivity index (χ0v) is 14.2. The van der Waals surface area contributed by atoms with Gasteiger partial charge in [-0.15, -0.1) is 0 Å². The molecular formula is C17H12F8N2O2. The van der Waals surface area contributed by atoms with Crippen LogP contribution in [0.25, 0.3) is 0 Å². The molecule has 0 bridgehead atoms. The number of anilines is 2. The van der Waals surface area contributed by atoms with Gasteiger partial charge in [0.25, 0.3) is 0 Å². The maximum Gasteiger partial charge on any atom is 0.416 e. The second-order valence-corrected chi connectivity index (χ2v) is 5.57. The Hall–Kier alpha value is -3.05. The Morgan fingerprint density at radius 3 is 2.00 bits per heavy atom. The number of para-hydroxylation sites is 2. The molecule has 0 fully saturated rings. The minimum absolute atomic E-state index is 0.0524. The monoisotopic (exact) mass is 428 g/mol. The molecule has 2 aromatic carbocycles. The number of carbonyl (C=O) groups is 1. The van der Waals surface area contributed by atoms with Crippen LogP contribution in [0.1, 0.15) is 11.1 Å². The van der Waals surface area contributed by atoms with Crippen molar-refractivity contribution in [3.8, 4) is 5.75 Å². The predicted octanol–water partition coefficient (Wildman–Crippen LogP) is 5.38. The Balaban J connectivity index is 2.14. The van der Waals surface area contributed by atoms with Crippen LogP contribution in [0.15, 0.2) is 42.5 Å². The van der Waals surface area contributed by atoms with E-state index >= 15 is 0 Å². The molecule has 0 atom stereocenters. The lowest BCUT2D eigenvalue weighted by atomic mass is 10.1. The average molecular weight is 428 g/mol. The minimum atomic E-state index is -5.04. The van der Waals surface area contributed by atoms with E-state index < -0.39 is 48.2 Å². The van der Waals surface area contributed by atoms with E-state index in [9.17, 15) is 39.9 Å². The van der Waals surface area contributed by atoms with E-state index in [1.165, 1.54) is 18.2 Å². The van der Waals surface area contributed by atoms with Crippen LogP contribution in [0, 0.1) is 0 Å². The van der Waals surface area contributed by atoms with E-state index in [4.69, 9.17) is 0 Å². The average Bonchev–Trinajstić information content (AvgIpc) is 2.59. The lowest BCUT2D eigenvalue weighted by molar-refractivity contribution is -0.143. The summed E-state index contributed by atoms with van der Waals surface area (Å²) in [6.07, 6.45) is -10.1. The van der Waals surface area contributed by atoms with Crippen LogP contribution in [-0.4, -0.2) is 19.1 Å². The van der Waals surface area contributed by atoms with Crippen molar-refractivity contribution in [1.82, 2.24) is 0 Å². The second-order valence-electron chi connectivity index (χ2n) is 5.57. The number of nitrogens with one attached hydrogen (secondary N) is 2. The summed E-state index contributed by atoms with van der Waals surface area (Å²) in [6.45, 7) is -3.90. The molecule has 0 radical (unpaired) electrons. The maximum atomic E-state index is 12.8. The van der Waals surface area contributed by atoms with E-state index in [1.807, 2.05) is 0 Å². The van der Waals surface area contributed by atoms with Gasteiger partial charge in [-0.25, -0.2) is 0 Å². The molecule has 0 unspecified atom stereocenters. The summed E-state index contributed by atoms with van der Waals surface area (Å²) in [5, 5.41) is 4.32. The van der Waals surface area contributed by atoms with Crippen molar-refractivity contribution in [2.45, 2.75) is 19.0 Å². The van der Waals surface area contributed by atoms with Crippen LogP contribution in [0.5, 0.6) is 5.75 Å². The number of ether oxygens (including phenoxy) is 1. The number of halogens is 8. The molecule has 0 aliphatic heterocycles. The van der Waals surface area contributed by atoms with Gasteiger partial charge >= 0.3 is 19.0 Å². The number of benzene rings is 2. The fourth-order valence-electron chi connectivity index (χ4n) is 2.20. The van der Waals surface area contributed by atoms with Gasteiger partial charge in [0.15, 0.2) is 0 Å². The van der Waals surface area contributed by atoms with E-state index in [0.29, 0.717) is 12.1 Å². The molecule has 2 N–H and O–H groups in total. The molecular weight excluding hydrogens is 416 g/mol. The Kier molecular flexibility index (Phi) is 6.55. The lowest BCUT2D eigenvalue weighted by Crippen LogP contribution is -2.23.